The van der Waals surface area contributed by atoms with Crippen LogP contribution < -0.4 is 0 Å². The van der Waals surface area contributed by atoms with Crippen molar-refractivity contribution in [3.05, 3.63) is 41.7 Å². The van der Waals surface area contributed by atoms with E-state index >= 15 is 0 Å². The largest absolute Gasteiger partial charge is 0.418 e. The van der Waals surface area contributed by atoms with Gasteiger partial charge in [-0.1, -0.05) is 38.1 Å². The molecule has 3 nitrogen and oxygen atoms in total. The predicted octanol–water partition coefficient (Wildman–Crippen LogP) is 3.58. The fourth-order valence-corrected chi connectivity index (χ4v) is 1.64. The Kier molecular flexibility index (Phi) is 3.12. The molecular formula is C13H14F3N3. The third-order valence-corrected chi connectivity index (χ3v) is 2.72. The van der Waals surface area contributed by atoms with Crippen molar-refractivity contribution in [2.75, 3.05) is 0 Å². The average Bonchev–Trinajstić information content (AvgIpc) is 2.76. The highest BCUT2D eigenvalue weighted by Gasteiger charge is 2.34. The maximum absolute atomic E-state index is 12.9. The van der Waals surface area contributed by atoms with Crippen LogP contribution in [0.5, 0.6) is 0 Å². The van der Waals surface area contributed by atoms with Crippen molar-refractivity contribution in [3.63, 3.8) is 0 Å². The normalized spacial score (nSPS) is 12.7. The summed E-state index contributed by atoms with van der Waals surface area (Å²) in [7, 11) is 0. The zero-order chi connectivity index (χ0) is 14.3. The zero-order valence-electron chi connectivity index (χ0n) is 10.9. The number of halogens is 3. The molecule has 0 bridgehead atoms. The molecule has 1 heterocycles. The molecule has 0 atom stereocenters. The lowest BCUT2D eigenvalue weighted by atomic mass is 9.93. The molecule has 2 rings (SSSR count). The molecule has 0 amide bonds. The third-order valence-electron chi connectivity index (χ3n) is 2.72. The van der Waals surface area contributed by atoms with Crippen LogP contribution in [0.1, 0.15) is 32.0 Å². The Hall–Kier alpha value is -1.85. The lowest BCUT2D eigenvalue weighted by Crippen LogP contribution is -2.12. The lowest BCUT2D eigenvalue weighted by Gasteiger charge is -2.14. The Morgan fingerprint density at radius 2 is 1.68 bits per heavy atom. The molecule has 19 heavy (non-hydrogen) atoms. The van der Waals surface area contributed by atoms with Crippen molar-refractivity contribution in [1.29, 1.82) is 0 Å². The SMILES string of the molecule is CC(C)(C)c1cn(-c2ccccc2C(F)(F)F)nn1. The topological polar surface area (TPSA) is 30.7 Å². The lowest BCUT2D eigenvalue weighted by molar-refractivity contribution is -0.137. The highest BCUT2D eigenvalue weighted by Crippen LogP contribution is 2.33. The maximum Gasteiger partial charge on any atom is 0.418 e. The van der Waals surface area contributed by atoms with Crippen molar-refractivity contribution >= 4 is 0 Å². The Bertz CT molecular complexity index is 579. The first-order valence-corrected chi connectivity index (χ1v) is 5.79. The van der Waals surface area contributed by atoms with Crippen molar-refractivity contribution in [3.8, 4) is 5.69 Å². The van der Waals surface area contributed by atoms with Gasteiger partial charge < -0.3 is 0 Å². The number of hydrogen-bond donors (Lipinski definition) is 0. The van der Waals surface area contributed by atoms with Crippen LogP contribution in [0.25, 0.3) is 5.69 Å². The first-order chi connectivity index (χ1) is 8.69. The maximum atomic E-state index is 12.9. The van der Waals surface area contributed by atoms with Crippen molar-refractivity contribution in [2.45, 2.75) is 32.4 Å². The van der Waals surface area contributed by atoms with Crippen molar-refractivity contribution < 1.29 is 13.2 Å². The number of aromatic nitrogens is 3. The molecule has 1 aromatic heterocycles. The minimum absolute atomic E-state index is 0.0157. The van der Waals surface area contributed by atoms with Crippen LogP contribution in [-0.2, 0) is 11.6 Å². The van der Waals surface area contributed by atoms with E-state index < -0.39 is 11.7 Å². The number of nitrogens with zero attached hydrogens (tertiary/aromatic N) is 3. The van der Waals surface area contributed by atoms with E-state index in [0.717, 1.165) is 6.07 Å². The standard InChI is InChI=1S/C13H14F3N3/c1-12(2,3)11-8-19(18-17-11)10-7-5-4-6-9(10)13(14,15)16/h4-8H,1-3H3. The molecule has 102 valence electrons. The van der Waals surface area contributed by atoms with E-state index in [1.54, 1.807) is 6.07 Å². The molecular weight excluding hydrogens is 255 g/mol. The minimum Gasteiger partial charge on any atom is -0.220 e. The van der Waals surface area contributed by atoms with Crippen LogP contribution in [0, 0.1) is 0 Å². The van der Waals surface area contributed by atoms with Crippen LogP contribution in [0.2, 0.25) is 0 Å². The highest BCUT2D eigenvalue weighted by atomic mass is 19.4. The van der Waals surface area contributed by atoms with Gasteiger partial charge in [-0.15, -0.1) is 5.10 Å². The fraction of sp³-hybridized carbons (Fsp3) is 0.385. The summed E-state index contributed by atoms with van der Waals surface area (Å²) in [5.41, 5.74) is -0.353. The van der Waals surface area contributed by atoms with Crippen LogP contribution in [0.4, 0.5) is 13.2 Å². The van der Waals surface area contributed by atoms with Gasteiger partial charge in [0.05, 0.1) is 23.1 Å². The number of alkyl halides is 3. The number of hydrogen-bond acceptors (Lipinski definition) is 2. The number of benzene rings is 1. The summed E-state index contributed by atoms with van der Waals surface area (Å²) in [6.07, 6.45) is -2.88. The second kappa shape index (κ2) is 4.36. The van der Waals surface area contributed by atoms with Gasteiger partial charge in [0, 0.05) is 5.41 Å². The fourth-order valence-electron chi connectivity index (χ4n) is 1.64. The van der Waals surface area contributed by atoms with Crippen LogP contribution >= 0.6 is 0 Å². The van der Waals surface area contributed by atoms with Crippen LogP contribution in [-0.4, -0.2) is 15.0 Å². The summed E-state index contributed by atoms with van der Waals surface area (Å²) in [6.45, 7) is 5.78. The minimum atomic E-state index is -4.41. The summed E-state index contributed by atoms with van der Waals surface area (Å²) in [6, 6.07) is 5.31. The monoisotopic (exact) mass is 269 g/mol. The highest BCUT2D eigenvalue weighted by molar-refractivity contribution is 5.42. The third kappa shape index (κ3) is 2.77. The molecule has 0 N–H and O–H groups in total. The van der Waals surface area contributed by atoms with Gasteiger partial charge in [-0.2, -0.15) is 13.2 Å². The number of rotatable bonds is 1. The van der Waals surface area contributed by atoms with Crippen molar-refractivity contribution in [1.82, 2.24) is 15.0 Å². The Labute approximate surface area is 109 Å². The number of para-hydroxylation sites is 1. The van der Waals surface area contributed by atoms with E-state index in [9.17, 15) is 13.2 Å². The molecule has 0 unspecified atom stereocenters. The second-order valence-corrected chi connectivity index (χ2v) is 5.31. The van der Waals surface area contributed by atoms with Gasteiger partial charge in [-0.25, -0.2) is 4.68 Å². The van der Waals surface area contributed by atoms with E-state index in [-0.39, 0.29) is 11.1 Å². The van der Waals surface area contributed by atoms with Crippen LogP contribution in [0.15, 0.2) is 30.5 Å². The van der Waals surface area contributed by atoms with E-state index in [4.69, 9.17) is 0 Å². The zero-order valence-corrected chi connectivity index (χ0v) is 10.9. The quantitative estimate of drug-likeness (QED) is 0.792. The Morgan fingerprint density at radius 3 is 2.21 bits per heavy atom. The average molecular weight is 269 g/mol. The van der Waals surface area contributed by atoms with Gasteiger partial charge in [0.2, 0.25) is 0 Å². The first kappa shape index (κ1) is 13.6. The molecule has 6 heteroatoms. The molecule has 0 saturated carbocycles. The Morgan fingerprint density at radius 1 is 1.05 bits per heavy atom. The summed E-state index contributed by atoms with van der Waals surface area (Å²) >= 11 is 0. The van der Waals surface area contributed by atoms with Gasteiger partial charge in [0.25, 0.3) is 0 Å². The van der Waals surface area contributed by atoms with E-state index in [1.807, 2.05) is 20.8 Å². The van der Waals surface area contributed by atoms with E-state index in [1.165, 1.54) is 23.0 Å². The van der Waals surface area contributed by atoms with E-state index in [2.05, 4.69) is 10.3 Å². The van der Waals surface area contributed by atoms with Gasteiger partial charge in [0.1, 0.15) is 0 Å². The molecule has 0 aliphatic rings. The summed E-state index contributed by atoms with van der Waals surface area (Å²) in [5.74, 6) is 0. The molecule has 0 radical (unpaired) electrons. The van der Waals surface area contributed by atoms with Gasteiger partial charge in [-0.05, 0) is 12.1 Å². The van der Waals surface area contributed by atoms with Gasteiger partial charge in [-0.3, -0.25) is 0 Å². The summed E-state index contributed by atoms with van der Waals surface area (Å²) in [5, 5.41) is 7.73. The smallest absolute Gasteiger partial charge is 0.220 e. The van der Waals surface area contributed by atoms with E-state index in [0.29, 0.717) is 5.69 Å². The van der Waals surface area contributed by atoms with Gasteiger partial charge >= 0.3 is 6.18 Å². The van der Waals surface area contributed by atoms with Gasteiger partial charge in [0.15, 0.2) is 0 Å². The predicted molar refractivity (Wildman–Crippen MR) is 65.1 cm³/mol. The first-order valence-electron chi connectivity index (χ1n) is 5.79. The molecule has 0 saturated heterocycles. The van der Waals surface area contributed by atoms with Crippen molar-refractivity contribution in [2.24, 2.45) is 0 Å². The molecule has 0 spiro atoms. The Balaban J connectivity index is 2.52. The molecule has 0 fully saturated rings. The second-order valence-electron chi connectivity index (χ2n) is 5.31. The molecule has 0 aliphatic heterocycles. The molecule has 1 aromatic carbocycles. The summed E-state index contributed by atoms with van der Waals surface area (Å²) in [4.78, 5) is 0. The molecule has 0 aliphatic carbocycles. The summed E-state index contributed by atoms with van der Waals surface area (Å²) < 4.78 is 39.9. The molecule has 2 aromatic rings. The van der Waals surface area contributed by atoms with Crippen LogP contribution in [0.3, 0.4) is 0 Å².